The summed E-state index contributed by atoms with van der Waals surface area (Å²) in [7, 11) is 0. The van der Waals surface area contributed by atoms with Gasteiger partial charge in [-0.05, 0) is 24.6 Å². The third-order valence-corrected chi connectivity index (χ3v) is 2.57. The van der Waals surface area contributed by atoms with Gasteiger partial charge >= 0.3 is 0 Å². The maximum atomic E-state index is 10.7. The van der Waals surface area contributed by atoms with E-state index in [1.807, 2.05) is 19.1 Å². The highest BCUT2D eigenvalue weighted by molar-refractivity contribution is 9.10. The fourth-order valence-corrected chi connectivity index (χ4v) is 2.06. The molecule has 1 heterocycles. The van der Waals surface area contributed by atoms with Crippen LogP contribution in [-0.2, 0) is 0 Å². The molecular weight excluding hydrogens is 230 g/mol. The molecule has 1 aromatic carbocycles. The van der Waals surface area contributed by atoms with E-state index in [2.05, 4.69) is 20.9 Å². The fourth-order valence-electron chi connectivity index (χ4n) is 1.49. The second-order valence-corrected chi connectivity index (χ2v) is 3.92. The van der Waals surface area contributed by atoms with Gasteiger partial charge in [0.05, 0.1) is 0 Å². The number of benzene rings is 1. The van der Waals surface area contributed by atoms with Crippen molar-refractivity contribution in [1.29, 1.82) is 0 Å². The van der Waals surface area contributed by atoms with Crippen molar-refractivity contribution in [1.82, 2.24) is 4.98 Å². The summed E-state index contributed by atoms with van der Waals surface area (Å²) in [4.78, 5) is 13.8. The molecule has 13 heavy (non-hydrogen) atoms. The first-order valence-electron chi connectivity index (χ1n) is 3.95. The Morgan fingerprint density at radius 3 is 2.92 bits per heavy atom. The first-order chi connectivity index (χ1) is 6.22. The lowest BCUT2D eigenvalue weighted by Gasteiger charge is -1.97. The van der Waals surface area contributed by atoms with Gasteiger partial charge in [0, 0.05) is 27.1 Å². The van der Waals surface area contributed by atoms with Crippen LogP contribution >= 0.6 is 15.9 Å². The van der Waals surface area contributed by atoms with Crippen molar-refractivity contribution in [3.05, 3.63) is 33.9 Å². The van der Waals surface area contributed by atoms with Crippen molar-refractivity contribution >= 4 is 33.1 Å². The third-order valence-electron chi connectivity index (χ3n) is 2.11. The van der Waals surface area contributed by atoms with Gasteiger partial charge in [0.1, 0.15) is 0 Å². The number of halogens is 1. The van der Waals surface area contributed by atoms with E-state index in [9.17, 15) is 4.79 Å². The second kappa shape index (κ2) is 3.00. The summed E-state index contributed by atoms with van der Waals surface area (Å²) in [5.41, 5.74) is 2.88. The average molecular weight is 238 g/mol. The molecule has 0 aliphatic carbocycles. The maximum Gasteiger partial charge on any atom is 0.152 e. The number of aryl methyl sites for hydroxylation is 1. The van der Waals surface area contributed by atoms with Crippen LogP contribution in [0.3, 0.4) is 0 Å². The van der Waals surface area contributed by atoms with Crippen LogP contribution in [0, 0.1) is 6.92 Å². The molecule has 3 heteroatoms. The number of aromatic nitrogens is 1. The Balaban J connectivity index is 2.89. The summed E-state index contributed by atoms with van der Waals surface area (Å²) in [6.07, 6.45) is 2.60. The molecule has 0 atom stereocenters. The van der Waals surface area contributed by atoms with Crippen molar-refractivity contribution in [2.75, 3.05) is 0 Å². The Hall–Kier alpha value is -1.09. The van der Waals surface area contributed by atoms with Gasteiger partial charge in [-0.15, -0.1) is 0 Å². The van der Waals surface area contributed by atoms with Crippen LogP contribution in [0.25, 0.3) is 10.9 Å². The predicted molar refractivity (Wildman–Crippen MR) is 56.1 cm³/mol. The molecule has 2 aromatic rings. The zero-order chi connectivity index (χ0) is 9.42. The second-order valence-electron chi connectivity index (χ2n) is 3.01. The molecule has 2 nitrogen and oxygen atoms in total. The van der Waals surface area contributed by atoms with Crippen LogP contribution in [0.15, 0.2) is 22.8 Å². The predicted octanol–water partition coefficient (Wildman–Crippen LogP) is 3.05. The van der Waals surface area contributed by atoms with E-state index in [1.54, 1.807) is 6.20 Å². The number of nitrogens with one attached hydrogen (secondary N) is 1. The van der Waals surface area contributed by atoms with E-state index in [0.717, 1.165) is 27.2 Å². The summed E-state index contributed by atoms with van der Waals surface area (Å²) >= 11 is 3.40. The maximum absolute atomic E-state index is 10.7. The smallest absolute Gasteiger partial charge is 0.152 e. The summed E-state index contributed by atoms with van der Waals surface area (Å²) in [6.45, 7) is 2.01. The molecule has 0 bridgehead atoms. The number of aromatic amines is 1. The minimum Gasteiger partial charge on any atom is -0.360 e. The number of rotatable bonds is 1. The zero-order valence-electron chi connectivity index (χ0n) is 7.10. The van der Waals surface area contributed by atoms with Crippen LogP contribution in [0.5, 0.6) is 0 Å². The number of H-pyrrole nitrogens is 1. The first-order valence-corrected chi connectivity index (χ1v) is 4.74. The lowest BCUT2D eigenvalue weighted by molar-refractivity contribution is 0.112. The van der Waals surface area contributed by atoms with Gasteiger partial charge in [0.25, 0.3) is 0 Å². The number of hydrogen-bond acceptors (Lipinski definition) is 1. The molecule has 0 aliphatic rings. The topological polar surface area (TPSA) is 32.9 Å². The van der Waals surface area contributed by atoms with Crippen LogP contribution < -0.4 is 0 Å². The van der Waals surface area contributed by atoms with Gasteiger partial charge in [-0.25, -0.2) is 0 Å². The highest BCUT2D eigenvalue weighted by atomic mass is 79.9. The monoisotopic (exact) mass is 237 g/mol. The summed E-state index contributed by atoms with van der Waals surface area (Å²) in [6, 6.07) is 3.97. The Bertz CT molecular complexity index is 473. The molecule has 0 unspecified atom stereocenters. The minimum atomic E-state index is 0.708. The van der Waals surface area contributed by atoms with Gasteiger partial charge in [0.15, 0.2) is 6.29 Å². The van der Waals surface area contributed by atoms with Gasteiger partial charge < -0.3 is 4.98 Å². The molecule has 66 valence electrons. The van der Waals surface area contributed by atoms with Gasteiger partial charge in [-0.2, -0.15) is 0 Å². The molecule has 2 rings (SSSR count). The van der Waals surface area contributed by atoms with E-state index >= 15 is 0 Å². The Morgan fingerprint density at radius 1 is 1.46 bits per heavy atom. The van der Waals surface area contributed by atoms with E-state index < -0.39 is 0 Å². The number of aldehydes is 1. The standard InChI is InChI=1S/C10H8BrNO/c1-6-2-8(11)3-9-7(5-13)4-12-10(6)9/h2-5,12H,1H3. The normalized spacial score (nSPS) is 10.6. The summed E-state index contributed by atoms with van der Waals surface area (Å²) in [5.74, 6) is 0. The van der Waals surface area contributed by atoms with Crippen LogP contribution in [0.1, 0.15) is 15.9 Å². The molecular formula is C10H8BrNO. The molecule has 0 radical (unpaired) electrons. The third kappa shape index (κ3) is 1.29. The highest BCUT2D eigenvalue weighted by Gasteiger charge is 2.05. The summed E-state index contributed by atoms with van der Waals surface area (Å²) < 4.78 is 1.00. The minimum absolute atomic E-state index is 0.708. The van der Waals surface area contributed by atoms with Crippen LogP contribution in [-0.4, -0.2) is 11.3 Å². The number of carbonyl (C=O) groups excluding carboxylic acids is 1. The molecule has 0 aliphatic heterocycles. The largest absolute Gasteiger partial charge is 0.360 e. The average Bonchev–Trinajstić information content (AvgIpc) is 2.47. The van der Waals surface area contributed by atoms with Gasteiger partial charge in [-0.1, -0.05) is 15.9 Å². The highest BCUT2D eigenvalue weighted by Crippen LogP contribution is 2.24. The Morgan fingerprint density at radius 2 is 2.23 bits per heavy atom. The lowest BCUT2D eigenvalue weighted by Crippen LogP contribution is -1.78. The van der Waals surface area contributed by atoms with Crippen molar-refractivity contribution in [3.63, 3.8) is 0 Å². The zero-order valence-corrected chi connectivity index (χ0v) is 8.68. The number of fused-ring (bicyclic) bond motifs is 1. The molecule has 0 spiro atoms. The van der Waals surface area contributed by atoms with Gasteiger partial charge in [0.2, 0.25) is 0 Å². The quantitative estimate of drug-likeness (QED) is 0.761. The van der Waals surface area contributed by atoms with Crippen molar-refractivity contribution in [2.45, 2.75) is 6.92 Å². The van der Waals surface area contributed by atoms with E-state index in [4.69, 9.17) is 0 Å². The molecule has 1 aromatic heterocycles. The summed E-state index contributed by atoms with van der Waals surface area (Å²) in [5, 5.41) is 0.974. The molecule has 1 N–H and O–H groups in total. The van der Waals surface area contributed by atoms with Gasteiger partial charge in [-0.3, -0.25) is 4.79 Å². The van der Waals surface area contributed by atoms with Crippen molar-refractivity contribution < 1.29 is 4.79 Å². The molecule has 0 amide bonds. The number of carbonyl (C=O) groups is 1. The number of hydrogen-bond donors (Lipinski definition) is 1. The molecule has 0 fully saturated rings. The van der Waals surface area contributed by atoms with Crippen LogP contribution in [0.4, 0.5) is 0 Å². The lowest BCUT2D eigenvalue weighted by atomic mass is 10.1. The SMILES string of the molecule is Cc1cc(Br)cc2c(C=O)c[nH]c12. The molecule has 0 saturated heterocycles. The van der Waals surface area contributed by atoms with E-state index in [-0.39, 0.29) is 0 Å². The van der Waals surface area contributed by atoms with Crippen LogP contribution in [0.2, 0.25) is 0 Å². The molecule has 0 saturated carbocycles. The Labute approximate surface area is 84.1 Å². The van der Waals surface area contributed by atoms with E-state index in [1.165, 1.54) is 0 Å². The fraction of sp³-hybridized carbons (Fsp3) is 0.100. The Kier molecular flexibility index (Phi) is 1.96. The van der Waals surface area contributed by atoms with E-state index in [0.29, 0.717) is 5.56 Å². The van der Waals surface area contributed by atoms with Crippen molar-refractivity contribution in [2.24, 2.45) is 0 Å². The first kappa shape index (κ1) is 8.51. The van der Waals surface area contributed by atoms with Crippen molar-refractivity contribution in [3.8, 4) is 0 Å².